The summed E-state index contributed by atoms with van der Waals surface area (Å²) in [6.45, 7) is 0. The Bertz CT molecular complexity index is 611. The van der Waals surface area contributed by atoms with Crippen molar-refractivity contribution in [3.05, 3.63) is 47.7 Å². The van der Waals surface area contributed by atoms with Crippen LogP contribution in [0.4, 0.5) is 32.0 Å². The third-order valence-electron chi connectivity index (χ3n) is 2.67. The van der Waals surface area contributed by atoms with Gasteiger partial charge in [0.15, 0.2) is 0 Å². The van der Waals surface area contributed by atoms with E-state index in [1.165, 1.54) is 12.1 Å². The predicted octanol–water partition coefficient (Wildman–Crippen LogP) is 4.37. The van der Waals surface area contributed by atoms with Gasteiger partial charge in [-0.25, -0.2) is 0 Å². The molecule has 0 atom stereocenters. The summed E-state index contributed by atoms with van der Waals surface area (Å²) < 4.78 is 76.2. The van der Waals surface area contributed by atoms with Crippen molar-refractivity contribution in [2.24, 2.45) is 0 Å². The number of nitrogens with zero attached hydrogens (tertiary/aromatic N) is 1. The monoisotopic (exact) mass is 306 g/mol. The topological polar surface area (TPSA) is 38.9 Å². The maximum Gasteiger partial charge on any atom is 0.416 e. The third kappa shape index (κ3) is 3.45. The average molecular weight is 306 g/mol. The molecule has 0 saturated carbocycles. The predicted molar refractivity (Wildman–Crippen MR) is 64.1 cm³/mol. The normalized spacial score (nSPS) is 12.5. The van der Waals surface area contributed by atoms with Gasteiger partial charge in [-0.05, 0) is 30.3 Å². The first-order valence-corrected chi connectivity index (χ1v) is 5.59. The van der Waals surface area contributed by atoms with Crippen LogP contribution in [-0.4, -0.2) is 4.98 Å². The number of hydrogen-bond acceptors (Lipinski definition) is 2. The fourth-order valence-electron chi connectivity index (χ4n) is 1.68. The molecule has 2 rings (SSSR count). The number of alkyl halides is 6. The van der Waals surface area contributed by atoms with E-state index in [0.29, 0.717) is 12.1 Å². The quantitative estimate of drug-likeness (QED) is 0.795. The Balaban J connectivity index is 2.63. The summed E-state index contributed by atoms with van der Waals surface area (Å²) in [6.07, 6.45) is -8.61. The van der Waals surface area contributed by atoms with Crippen molar-refractivity contribution in [1.82, 2.24) is 4.98 Å². The van der Waals surface area contributed by atoms with Crippen LogP contribution in [0.15, 0.2) is 36.5 Å². The highest BCUT2D eigenvalue weighted by Gasteiger charge is 2.37. The van der Waals surface area contributed by atoms with E-state index >= 15 is 0 Å². The van der Waals surface area contributed by atoms with Gasteiger partial charge in [-0.15, -0.1) is 0 Å². The van der Waals surface area contributed by atoms with Crippen molar-refractivity contribution in [2.75, 3.05) is 5.73 Å². The van der Waals surface area contributed by atoms with E-state index in [-0.39, 0.29) is 23.0 Å². The van der Waals surface area contributed by atoms with E-state index in [9.17, 15) is 26.3 Å². The fourth-order valence-corrected chi connectivity index (χ4v) is 1.68. The highest BCUT2D eigenvalue weighted by atomic mass is 19.4. The minimum atomic E-state index is -4.89. The summed E-state index contributed by atoms with van der Waals surface area (Å²) in [5, 5.41) is 0. The molecule has 0 radical (unpaired) electrons. The molecular formula is C13H8F6N2. The Morgan fingerprint density at radius 3 is 1.71 bits per heavy atom. The van der Waals surface area contributed by atoms with Gasteiger partial charge in [-0.2, -0.15) is 26.3 Å². The van der Waals surface area contributed by atoms with Crippen molar-refractivity contribution in [3.63, 3.8) is 0 Å². The molecule has 0 saturated heterocycles. The SMILES string of the molecule is Nc1ccc(-c2cc(C(F)(F)F)cc(C(F)(F)F)c2)nc1. The maximum atomic E-state index is 12.7. The number of aromatic nitrogens is 1. The number of rotatable bonds is 1. The smallest absolute Gasteiger partial charge is 0.397 e. The number of halogens is 6. The van der Waals surface area contributed by atoms with Gasteiger partial charge in [0, 0.05) is 5.56 Å². The van der Waals surface area contributed by atoms with Crippen molar-refractivity contribution < 1.29 is 26.3 Å². The van der Waals surface area contributed by atoms with Crippen LogP contribution in [0.25, 0.3) is 11.3 Å². The van der Waals surface area contributed by atoms with Crippen molar-refractivity contribution in [1.29, 1.82) is 0 Å². The second kappa shape index (κ2) is 4.94. The lowest BCUT2D eigenvalue weighted by Crippen LogP contribution is -2.11. The Labute approximate surface area is 115 Å². The first kappa shape index (κ1) is 15.1. The Morgan fingerprint density at radius 2 is 1.33 bits per heavy atom. The fraction of sp³-hybridized carbons (Fsp3) is 0.154. The highest BCUT2D eigenvalue weighted by Crippen LogP contribution is 2.38. The minimum absolute atomic E-state index is 0.0270. The first-order chi connectivity index (χ1) is 9.57. The van der Waals surface area contributed by atoms with E-state index < -0.39 is 23.5 Å². The molecule has 2 N–H and O–H groups in total. The second-order valence-electron chi connectivity index (χ2n) is 4.27. The van der Waals surface area contributed by atoms with Crippen LogP contribution >= 0.6 is 0 Å². The summed E-state index contributed by atoms with van der Waals surface area (Å²) in [5.74, 6) is 0. The second-order valence-corrected chi connectivity index (χ2v) is 4.27. The molecule has 112 valence electrons. The number of nitrogens with two attached hydrogens (primary N) is 1. The number of anilines is 1. The van der Waals surface area contributed by atoms with Crippen LogP contribution in [0.1, 0.15) is 11.1 Å². The van der Waals surface area contributed by atoms with E-state index in [4.69, 9.17) is 5.73 Å². The van der Waals surface area contributed by atoms with Gasteiger partial charge in [0.2, 0.25) is 0 Å². The lowest BCUT2D eigenvalue weighted by Gasteiger charge is -2.14. The Hall–Kier alpha value is -2.25. The zero-order chi connectivity index (χ0) is 15.8. The molecule has 0 bridgehead atoms. The van der Waals surface area contributed by atoms with Gasteiger partial charge in [0.05, 0.1) is 28.7 Å². The molecule has 0 amide bonds. The highest BCUT2D eigenvalue weighted by molar-refractivity contribution is 5.63. The molecule has 2 aromatic rings. The maximum absolute atomic E-state index is 12.7. The van der Waals surface area contributed by atoms with Crippen LogP contribution < -0.4 is 5.73 Å². The third-order valence-corrected chi connectivity index (χ3v) is 2.67. The molecule has 1 aromatic carbocycles. The molecule has 0 aliphatic rings. The van der Waals surface area contributed by atoms with Gasteiger partial charge >= 0.3 is 12.4 Å². The Kier molecular flexibility index (Phi) is 3.56. The van der Waals surface area contributed by atoms with E-state index in [2.05, 4.69) is 4.98 Å². The van der Waals surface area contributed by atoms with Crippen LogP contribution in [0.3, 0.4) is 0 Å². The van der Waals surface area contributed by atoms with Crippen molar-refractivity contribution >= 4 is 5.69 Å². The molecule has 0 aliphatic carbocycles. The zero-order valence-corrected chi connectivity index (χ0v) is 10.3. The molecule has 8 heteroatoms. The van der Waals surface area contributed by atoms with E-state index in [1.807, 2.05) is 0 Å². The molecule has 0 fully saturated rings. The molecule has 1 aromatic heterocycles. The van der Waals surface area contributed by atoms with Crippen LogP contribution in [-0.2, 0) is 12.4 Å². The van der Waals surface area contributed by atoms with Crippen LogP contribution in [0, 0.1) is 0 Å². The van der Waals surface area contributed by atoms with Crippen molar-refractivity contribution in [2.45, 2.75) is 12.4 Å². The zero-order valence-electron chi connectivity index (χ0n) is 10.3. The summed E-state index contributed by atoms with van der Waals surface area (Å²) in [5.41, 5.74) is 2.56. The summed E-state index contributed by atoms with van der Waals surface area (Å²) in [7, 11) is 0. The van der Waals surface area contributed by atoms with Gasteiger partial charge < -0.3 is 5.73 Å². The van der Waals surface area contributed by atoms with Crippen LogP contribution in [0.5, 0.6) is 0 Å². The number of nitrogen functional groups attached to an aromatic ring is 1. The summed E-state index contributed by atoms with van der Waals surface area (Å²) in [6, 6.07) is 3.91. The van der Waals surface area contributed by atoms with Gasteiger partial charge in [0.1, 0.15) is 0 Å². The lowest BCUT2D eigenvalue weighted by atomic mass is 10.0. The Morgan fingerprint density at radius 1 is 0.810 bits per heavy atom. The molecular weight excluding hydrogens is 298 g/mol. The number of hydrogen-bond donors (Lipinski definition) is 1. The molecule has 2 nitrogen and oxygen atoms in total. The molecule has 1 heterocycles. The number of benzene rings is 1. The van der Waals surface area contributed by atoms with Gasteiger partial charge in [-0.3, -0.25) is 4.98 Å². The number of pyridine rings is 1. The molecule has 0 aliphatic heterocycles. The lowest BCUT2D eigenvalue weighted by molar-refractivity contribution is -0.143. The van der Waals surface area contributed by atoms with Gasteiger partial charge in [-0.1, -0.05) is 0 Å². The van der Waals surface area contributed by atoms with Crippen molar-refractivity contribution in [3.8, 4) is 11.3 Å². The first-order valence-electron chi connectivity index (χ1n) is 5.59. The van der Waals surface area contributed by atoms with Crippen LogP contribution in [0.2, 0.25) is 0 Å². The van der Waals surface area contributed by atoms with Gasteiger partial charge in [0.25, 0.3) is 0 Å². The largest absolute Gasteiger partial charge is 0.416 e. The van der Waals surface area contributed by atoms with E-state index in [1.54, 1.807) is 0 Å². The van der Waals surface area contributed by atoms with E-state index in [0.717, 1.165) is 6.20 Å². The standard InChI is InChI=1S/C13H8F6N2/c14-12(15,16)8-3-7(4-9(5-8)13(17,18)19)11-2-1-10(20)6-21-11/h1-6H,20H2. The molecule has 0 spiro atoms. The molecule has 0 unspecified atom stereocenters. The average Bonchev–Trinajstić information content (AvgIpc) is 2.37. The molecule has 21 heavy (non-hydrogen) atoms. The summed E-state index contributed by atoms with van der Waals surface area (Å²) in [4.78, 5) is 3.74. The minimum Gasteiger partial charge on any atom is -0.397 e. The summed E-state index contributed by atoms with van der Waals surface area (Å²) >= 11 is 0.